The molecule has 0 saturated carbocycles. The second-order valence-corrected chi connectivity index (χ2v) is 13.1. The Morgan fingerprint density at radius 2 is 1.69 bits per heavy atom. The van der Waals surface area contributed by atoms with Gasteiger partial charge in [-0.15, -0.1) is 0 Å². The van der Waals surface area contributed by atoms with Crippen molar-refractivity contribution in [1.82, 2.24) is 10.6 Å². The molecule has 0 aliphatic heterocycles. The summed E-state index contributed by atoms with van der Waals surface area (Å²) in [6.45, 7) is 14.7. The maximum atomic E-state index is 13.8. The van der Waals surface area contributed by atoms with Crippen LogP contribution in [0.5, 0.6) is 5.75 Å². The third kappa shape index (κ3) is 10.5. The third-order valence-corrected chi connectivity index (χ3v) is 7.86. The predicted octanol–water partition coefficient (Wildman–Crippen LogP) is 5.21. The van der Waals surface area contributed by atoms with E-state index in [4.69, 9.17) is 24.7 Å². The minimum absolute atomic E-state index is 0.0507. The summed E-state index contributed by atoms with van der Waals surface area (Å²) in [5.74, 6) is -2.83. The van der Waals surface area contributed by atoms with Gasteiger partial charge in [-0.1, -0.05) is 57.7 Å². The van der Waals surface area contributed by atoms with Crippen LogP contribution < -0.4 is 21.1 Å². The molecule has 49 heavy (non-hydrogen) atoms. The number of rotatable bonds is 14. The molecule has 11 nitrogen and oxygen atoms in total. The molecule has 0 spiro atoms. The number of ether oxygens (including phenoxy) is 4. The van der Waals surface area contributed by atoms with Crippen LogP contribution in [0.1, 0.15) is 65.5 Å². The van der Waals surface area contributed by atoms with E-state index < -0.39 is 53.5 Å². The van der Waals surface area contributed by atoms with Crippen LogP contribution in [-0.2, 0) is 33.4 Å². The first-order valence-electron chi connectivity index (χ1n) is 16.3. The molecule has 264 valence electrons. The van der Waals surface area contributed by atoms with Crippen molar-refractivity contribution in [3.05, 3.63) is 84.0 Å². The first-order chi connectivity index (χ1) is 23.1. The smallest absolute Gasteiger partial charge is 0.329 e. The number of hydrogen-bond acceptors (Lipinski definition) is 9. The molecular weight excluding hydrogens is 626 g/mol. The number of hydrogen-bond donors (Lipinski definition) is 3. The molecule has 4 N–H and O–H groups in total. The van der Waals surface area contributed by atoms with Gasteiger partial charge in [-0.2, -0.15) is 0 Å². The Kier molecular flexibility index (Phi) is 13.2. The number of benzene rings is 2. The van der Waals surface area contributed by atoms with Gasteiger partial charge in [-0.05, 0) is 68.5 Å². The molecule has 0 aromatic heterocycles. The van der Waals surface area contributed by atoms with Crippen molar-refractivity contribution in [2.45, 2.75) is 78.2 Å². The highest BCUT2D eigenvalue weighted by Gasteiger charge is 2.40. The topological polar surface area (TPSA) is 155 Å². The molecule has 11 heteroatoms. The van der Waals surface area contributed by atoms with Crippen LogP contribution in [0.15, 0.2) is 72.8 Å². The Morgan fingerprint density at radius 3 is 2.24 bits per heavy atom. The molecule has 0 saturated heterocycles. The monoisotopic (exact) mass is 675 g/mol. The zero-order valence-corrected chi connectivity index (χ0v) is 29.6. The summed E-state index contributed by atoms with van der Waals surface area (Å²) >= 11 is 0. The molecule has 2 unspecified atom stereocenters. The second-order valence-electron chi connectivity index (χ2n) is 13.1. The Morgan fingerprint density at radius 1 is 1.02 bits per heavy atom. The Bertz CT molecular complexity index is 1590. The van der Waals surface area contributed by atoms with Crippen LogP contribution in [0.25, 0.3) is 11.3 Å². The number of carbonyl (C=O) groups is 4. The van der Waals surface area contributed by atoms with Gasteiger partial charge in [0.25, 0.3) is 0 Å². The normalized spacial score (nSPS) is 17.3. The molecule has 2 aromatic rings. The third-order valence-electron chi connectivity index (χ3n) is 7.86. The predicted molar refractivity (Wildman–Crippen MR) is 189 cm³/mol. The van der Waals surface area contributed by atoms with E-state index in [1.54, 1.807) is 71.9 Å². The lowest BCUT2D eigenvalue weighted by Gasteiger charge is -2.26. The average Bonchev–Trinajstić information content (AvgIpc) is 3.48. The number of anilines is 1. The average molecular weight is 676 g/mol. The van der Waals surface area contributed by atoms with Crippen LogP contribution in [0.4, 0.5) is 5.69 Å². The summed E-state index contributed by atoms with van der Waals surface area (Å²) in [4.78, 5) is 53.0. The molecule has 2 amide bonds. The van der Waals surface area contributed by atoms with Crippen LogP contribution in [0.3, 0.4) is 0 Å². The van der Waals surface area contributed by atoms with Gasteiger partial charge in [0.1, 0.15) is 35.3 Å². The van der Waals surface area contributed by atoms with Crippen molar-refractivity contribution < 1.29 is 38.1 Å². The Hall–Kier alpha value is -5.06. The first kappa shape index (κ1) is 38.4. The maximum Gasteiger partial charge on any atom is 0.329 e. The molecule has 0 fully saturated rings. The Labute approximate surface area is 288 Å². The number of esters is 2. The van der Waals surface area contributed by atoms with Crippen molar-refractivity contribution in [2.75, 3.05) is 20.0 Å². The molecular formula is C38H49N3O8. The fraction of sp³-hybridized carbons (Fsp3) is 0.421. The van der Waals surface area contributed by atoms with Gasteiger partial charge >= 0.3 is 11.9 Å². The van der Waals surface area contributed by atoms with E-state index in [1.165, 1.54) is 14.2 Å². The zero-order valence-electron chi connectivity index (χ0n) is 29.6. The van der Waals surface area contributed by atoms with E-state index in [9.17, 15) is 19.2 Å². The lowest BCUT2D eigenvalue weighted by Crippen LogP contribution is -2.49. The van der Waals surface area contributed by atoms with E-state index in [0.717, 1.165) is 5.56 Å². The molecule has 1 aliphatic carbocycles. The highest BCUT2D eigenvalue weighted by molar-refractivity contribution is 6.03. The lowest BCUT2D eigenvalue weighted by atomic mass is 9.97. The van der Waals surface area contributed by atoms with E-state index in [2.05, 4.69) is 17.2 Å². The molecule has 4 atom stereocenters. The summed E-state index contributed by atoms with van der Waals surface area (Å²) in [5, 5.41) is 5.49. The first-order valence-corrected chi connectivity index (χ1v) is 16.3. The minimum Gasteiger partial charge on any atom is -0.497 e. The van der Waals surface area contributed by atoms with Gasteiger partial charge in [0.15, 0.2) is 0 Å². The van der Waals surface area contributed by atoms with E-state index in [1.807, 2.05) is 30.3 Å². The number of nitrogen functional groups attached to an aromatic ring is 1. The molecule has 0 heterocycles. The summed E-state index contributed by atoms with van der Waals surface area (Å²) in [5.41, 5.74) is 8.18. The molecule has 3 rings (SSSR count). The van der Waals surface area contributed by atoms with Gasteiger partial charge in [0.05, 0.1) is 20.1 Å². The number of methoxy groups -OCH3 is 2. The van der Waals surface area contributed by atoms with Gasteiger partial charge < -0.3 is 35.3 Å². The zero-order chi connectivity index (χ0) is 36.5. The summed E-state index contributed by atoms with van der Waals surface area (Å²) in [6.07, 6.45) is 2.83. The fourth-order valence-electron chi connectivity index (χ4n) is 5.25. The van der Waals surface area contributed by atoms with Gasteiger partial charge in [-0.3, -0.25) is 9.59 Å². The van der Waals surface area contributed by atoms with Crippen molar-refractivity contribution in [3.63, 3.8) is 0 Å². The second kappa shape index (κ2) is 16.9. The number of nitrogens with two attached hydrogens (primary N) is 1. The molecule has 0 bridgehead atoms. The van der Waals surface area contributed by atoms with Gasteiger partial charge in [0.2, 0.25) is 11.8 Å². The van der Waals surface area contributed by atoms with Crippen molar-refractivity contribution in [2.24, 2.45) is 11.8 Å². The summed E-state index contributed by atoms with van der Waals surface area (Å²) < 4.78 is 22.3. The molecule has 1 aliphatic rings. The summed E-state index contributed by atoms with van der Waals surface area (Å²) in [7, 11) is 2.78. The highest BCUT2D eigenvalue weighted by Crippen LogP contribution is 2.35. The largest absolute Gasteiger partial charge is 0.497 e. The van der Waals surface area contributed by atoms with Crippen LogP contribution >= 0.6 is 0 Å². The van der Waals surface area contributed by atoms with Crippen LogP contribution in [0.2, 0.25) is 0 Å². The number of carbonyl (C=O) groups excluding carboxylic acids is 4. The van der Waals surface area contributed by atoms with Crippen molar-refractivity contribution >= 4 is 40.8 Å². The highest BCUT2D eigenvalue weighted by atomic mass is 16.6. The maximum absolute atomic E-state index is 13.8. The summed E-state index contributed by atoms with van der Waals surface area (Å²) in [6, 6.07) is 12.8. The van der Waals surface area contributed by atoms with E-state index >= 15 is 0 Å². The van der Waals surface area contributed by atoms with Crippen molar-refractivity contribution in [3.8, 4) is 5.75 Å². The standard InChI is InChI=1S/C38H49N3O8/c1-10-31(36(44)49-38(5,6)7)40-34(42)28-19-26(20-29(28)35(43)41-33(22(2)3)37(45)47-9)48-32(18-23(4)24-14-12-11-13-15-24)27-17-16-25(46-8)21-30(27)39/h11-18,20-22,26,28,31,33H,4,10,19,39H2,1-3,5-9H3,(H,40,42)(H,41,43)/b32-18+/t26?,28?,31-,33-/m0/s1. The Balaban J connectivity index is 2.03. The van der Waals surface area contributed by atoms with Crippen molar-refractivity contribution in [1.29, 1.82) is 0 Å². The van der Waals surface area contributed by atoms with E-state index in [-0.39, 0.29) is 24.3 Å². The molecule has 2 aromatic carbocycles. The lowest BCUT2D eigenvalue weighted by molar-refractivity contribution is -0.159. The molecule has 0 radical (unpaired) electrons. The van der Waals surface area contributed by atoms with E-state index in [0.29, 0.717) is 28.3 Å². The quantitative estimate of drug-likeness (QED) is 0.106. The van der Waals surface area contributed by atoms with Crippen LogP contribution in [-0.4, -0.2) is 61.8 Å². The number of allylic oxidation sites excluding steroid dienone is 2. The minimum atomic E-state index is -1.03. The number of amides is 2. The van der Waals surface area contributed by atoms with Gasteiger partial charge in [-0.25, -0.2) is 9.59 Å². The van der Waals surface area contributed by atoms with Crippen LogP contribution in [0, 0.1) is 11.8 Å². The fourth-order valence-corrected chi connectivity index (χ4v) is 5.25. The van der Waals surface area contributed by atoms with Gasteiger partial charge in [0, 0.05) is 29.3 Å². The number of nitrogens with one attached hydrogen (secondary N) is 2. The SMILES string of the molecule is C=C(/C=C(/OC1C=C(C(=O)N[C@H](C(=O)OC)C(C)C)C(C(=O)N[C@@H](CC)C(=O)OC(C)(C)C)C1)c1ccc(OC)cc1N)c1ccccc1.